The number of benzene rings is 1. The first-order valence-corrected chi connectivity index (χ1v) is 10.5. The van der Waals surface area contributed by atoms with Crippen LogP contribution >= 0.6 is 11.6 Å². The molecule has 0 unspecified atom stereocenters. The van der Waals surface area contributed by atoms with Gasteiger partial charge in [0.2, 0.25) is 15.0 Å². The number of hydrogen-bond donors (Lipinski definition) is 2. The number of sulfone groups is 1. The van der Waals surface area contributed by atoms with Gasteiger partial charge >= 0.3 is 0 Å². The van der Waals surface area contributed by atoms with Gasteiger partial charge in [-0.3, -0.25) is 9.59 Å². The second-order valence-corrected chi connectivity index (χ2v) is 8.70. The van der Waals surface area contributed by atoms with Crippen LogP contribution in [0.15, 0.2) is 51.3 Å². The highest BCUT2D eigenvalue weighted by atomic mass is 35.5. The Morgan fingerprint density at radius 1 is 1.21 bits per heavy atom. The molecular formula is C19H18ClFN2O4S. The van der Waals surface area contributed by atoms with Crippen molar-refractivity contribution in [1.82, 2.24) is 10.3 Å². The molecule has 1 aliphatic rings. The van der Waals surface area contributed by atoms with Gasteiger partial charge in [0.05, 0.1) is 4.90 Å². The Morgan fingerprint density at radius 3 is 2.61 bits per heavy atom. The number of aromatic nitrogens is 1. The van der Waals surface area contributed by atoms with Crippen LogP contribution in [-0.4, -0.2) is 25.9 Å². The summed E-state index contributed by atoms with van der Waals surface area (Å²) in [5.74, 6) is -0.692. The smallest absolute Gasteiger partial charge is 0.261 e. The summed E-state index contributed by atoms with van der Waals surface area (Å²) in [6.07, 6.45) is 4.26. The highest BCUT2D eigenvalue weighted by Crippen LogP contribution is 2.22. The first kappa shape index (κ1) is 20.3. The van der Waals surface area contributed by atoms with E-state index in [4.69, 9.17) is 11.6 Å². The van der Waals surface area contributed by atoms with E-state index < -0.39 is 26.5 Å². The molecule has 1 aromatic heterocycles. The third-order valence-corrected chi connectivity index (χ3v) is 6.31. The van der Waals surface area contributed by atoms with Gasteiger partial charge < -0.3 is 10.3 Å². The highest BCUT2D eigenvalue weighted by Gasteiger charge is 2.21. The molecule has 9 heteroatoms. The van der Waals surface area contributed by atoms with E-state index in [1.54, 1.807) is 6.07 Å². The fourth-order valence-corrected chi connectivity index (χ4v) is 4.15. The Balaban J connectivity index is 1.71. The molecule has 2 aromatic rings. The minimum absolute atomic E-state index is 0.0741. The molecule has 0 saturated carbocycles. The van der Waals surface area contributed by atoms with Crippen LogP contribution < -0.4 is 10.9 Å². The molecule has 0 aliphatic heterocycles. The number of nitrogens with one attached hydrogen (secondary N) is 2. The van der Waals surface area contributed by atoms with Crippen LogP contribution in [0.25, 0.3) is 0 Å². The maximum absolute atomic E-state index is 14.1. The third kappa shape index (κ3) is 4.34. The van der Waals surface area contributed by atoms with Crippen LogP contribution in [0, 0.1) is 0 Å². The minimum atomic E-state index is -4.32. The molecule has 1 aromatic carbocycles. The molecule has 2 N–H and O–H groups in total. The van der Waals surface area contributed by atoms with Gasteiger partial charge in [-0.05, 0) is 67.7 Å². The van der Waals surface area contributed by atoms with Crippen molar-refractivity contribution in [1.29, 1.82) is 0 Å². The zero-order valence-corrected chi connectivity index (χ0v) is 16.4. The van der Waals surface area contributed by atoms with Crippen molar-refractivity contribution >= 4 is 27.3 Å². The molecule has 0 radical (unpaired) electrons. The Labute approximate surface area is 166 Å². The van der Waals surface area contributed by atoms with Crippen molar-refractivity contribution in [3.8, 4) is 0 Å². The number of aryl methyl sites for hydroxylation is 2. The lowest BCUT2D eigenvalue weighted by Gasteiger charge is -2.15. The van der Waals surface area contributed by atoms with Crippen molar-refractivity contribution in [3.63, 3.8) is 0 Å². The normalized spacial score (nSPS) is 14.4. The van der Waals surface area contributed by atoms with Gasteiger partial charge in [0.15, 0.2) is 0 Å². The number of carbonyl (C=O) groups excluding carboxylic acids is 1. The summed E-state index contributed by atoms with van der Waals surface area (Å²) in [5, 5.41) is 1.28. The van der Waals surface area contributed by atoms with Crippen LogP contribution in [0.4, 0.5) is 4.39 Å². The highest BCUT2D eigenvalue weighted by molar-refractivity contribution is 7.95. The number of aromatic amines is 1. The summed E-state index contributed by atoms with van der Waals surface area (Å²) in [6.45, 7) is -0.381. The molecule has 6 nitrogen and oxygen atoms in total. The summed E-state index contributed by atoms with van der Waals surface area (Å²) in [5.41, 5.74) is 1.17. The fourth-order valence-electron chi connectivity index (χ4n) is 3.00. The maximum Gasteiger partial charge on any atom is 0.261 e. The van der Waals surface area contributed by atoms with E-state index in [0.29, 0.717) is 5.02 Å². The number of amides is 1. The number of pyridine rings is 1. The van der Waals surface area contributed by atoms with Crippen LogP contribution in [0.1, 0.15) is 34.5 Å². The van der Waals surface area contributed by atoms with Crippen molar-refractivity contribution in [2.75, 3.05) is 6.54 Å². The molecule has 1 heterocycles. The van der Waals surface area contributed by atoms with Gasteiger partial charge in [-0.2, -0.15) is 4.39 Å². The van der Waals surface area contributed by atoms with Crippen molar-refractivity contribution in [2.45, 2.75) is 30.6 Å². The molecule has 0 atom stereocenters. The van der Waals surface area contributed by atoms with Crippen LogP contribution in [0.3, 0.4) is 0 Å². The number of halogens is 2. The number of H-pyrrole nitrogens is 1. The van der Waals surface area contributed by atoms with Gasteiger partial charge in [-0.1, -0.05) is 11.6 Å². The molecule has 0 saturated heterocycles. The fraction of sp³-hybridized carbons (Fsp3) is 0.263. The molecule has 28 heavy (non-hydrogen) atoms. The van der Waals surface area contributed by atoms with E-state index in [9.17, 15) is 22.4 Å². The van der Waals surface area contributed by atoms with Gasteiger partial charge in [-0.15, -0.1) is 0 Å². The first-order chi connectivity index (χ1) is 13.3. The van der Waals surface area contributed by atoms with Crippen LogP contribution in [0.2, 0.25) is 5.02 Å². The molecule has 1 amide bonds. The van der Waals surface area contributed by atoms with E-state index in [2.05, 4.69) is 10.3 Å². The van der Waals surface area contributed by atoms with E-state index in [1.165, 1.54) is 24.3 Å². The molecule has 1 aliphatic carbocycles. The van der Waals surface area contributed by atoms with Gasteiger partial charge in [0.1, 0.15) is 5.56 Å². The largest absolute Gasteiger partial charge is 0.348 e. The zero-order valence-electron chi connectivity index (χ0n) is 14.8. The van der Waals surface area contributed by atoms with Crippen LogP contribution in [0.5, 0.6) is 0 Å². The summed E-state index contributed by atoms with van der Waals surface area (Å²) < 4.78 is 38.4. The van der Waals surface area contributed by atoms with E-state index in [1.807, 2.05) is 0 Å². The van der Waals surface area contributed by atoms with Gasteiger partial charge in [0, 0.05) is 17.3 Å². The first-order valence-electron chi connectivity index (χ1n) is 8.68. The minimum Gasteiger partial charge on any atom is -0.348 e. The lowest BCUT2D eigenvalue weighted by molar-refractivity contribution is 0.0956. The standard InChI is InChI=1S/C19H18ClFN2O4S/c20-13-5-7-14(8-6-13)28(26,27)17(21)9-10-22-18(24)15-11-12-3-1-2-4-16(12)23-19(15)25/h5-9,11H,1-4,10H2,(H,22,24)(H,23,25)/b17-9-. The second-order valence-electron chi connectivity index (χ2n) is 6.40. The van der Waals surface area contributed by atoms with E-state index >= 15 is 0 Å². The number of hydrogen-bond acceptors (Lipinski definition) is 4. The molecule has 3 rings (SSSR count). The van der Waals surface area contributed by atoms with E-state index in [0.717, 1.165) is 43.0 Å². The SMILES string of the molecule is O=C(NC/C=C(/F)S(=O)(=O)c1ccc(Cl)cc1)c1cc2c([nH]c1=O)CCCC2. The van der Waals surface area contributed by atoms with Gasteiger partial charge in [0.25, 0.3) is 11.5 Å². The molecule has 0 spiro atoms. The van der Waals surface area contributed by atoms with Crippen molar-refractivity contribution in [2.24, 2.45) is 0 Å². The van der Waals surface area contributed by atoms with E-state index in [-0.39, 0.29) is 17.0 Å². The number of fused-ring (bicyclic) bond motifs is 1. The molecule has 0 bridgehead atoms. The Morgan fingerprint density at radius 2 is 1.89 bits per heavy atom. The predicted octanol–water partition coefficient (Wildman–Crippen LogP) is 2.92. The average Bonchev–Trinajstić information content (AvgIpc) is 2.67. The summed E-state index contributed by atoms with van der Waals surface area (Å²) in [4.78, 5) is 26.8. The van der Waals surface area contributed by atoms with Crippen molar-refractivity contribution < 1.29 is 17.6 Å². The van der Waals surface area contributed by atoms with Crippen LogP contribution in [-0.2, 0) is 22.7 Å². The quantitative estimate of drug-likeness (QED) is 0.771. The third-order valence-electron chi connectivity index (χ3n) is 4.49. The predicted molar refractivity (Wildman–Crippen MR) is 104 cm³/mol. The Kier molecular flexibility index (Phi) is 6.00. The summed E-state index contributed by atoms with van der Waals surface area (Å²) in [7, 11) is -4.32. The Hall–Kier alpha value is -2.45. The molecular weight excluding hydrogens is 407 g/mol. The number of carbonyl (C=O) groups is 1. The molecule has 148 valence electrons. The Bertz CT molecular complexity index is 1090. The number of rotatable bonds is 5. The summed E-state index contributed by atoms with van der Waals surface area (Å²) in [6, 6.07) is 6.61. The lowest BCUT2D eigenvalue weighted by atomic mass is 9.95. The average molecular weight is 425 g/mol. The lowest BCUT2D eigenvalue weighted by Crippen LogP contribution is -2.31. The summed E-state index contributed by atoms with van der Waals surface area (Å²) >= 11 is 5.70. The zero-order chi connectivity index (χ0) is 20.3. The maximum atomic E-state index is 14.1. The molecule has 0 fully saturated rings. The topological polar surface area (TPSA) is 96.1 Å². The monoisotopic (exact) mass is 424 g/mol. The van der Waals surface area contributed by atoms with Gasteiger partial charge in [-0.25, -0.2) is 8.42 Å². The second kappa shape index (κ2) is 8.28. The van der Waals surface area contributed by atoms with Crippen molar-refractivity contribution in [3.05, 3.63) is 73.8 Å².